The summed E-state index contributed by atoms with van der Waals surface area (Å²) in [5.41, 5.74) is 0.768. The van der Waals surface area contributed by atoms with Gasteiger partial charge in [0, 0.05) is 0 Å². The van der Waals surface area contributed by atoms with Crippen LogP contribution in [0.5, 0.6) is 0 Å². The van der Waals surface area contributed by atoms with Gasteiger partial charge in [0.2, 0.25) is 0 Å². The normalized spacial score (nSPS) is 11.1. The zero-order valence-electron chi connectivity index (χ0n) is 10.6. The molecule has 0 spiro atoms. The summed E-state index contributed by atoms with van der Waals surface area (Å²) in [6, 6.07) is 3.01. The monoisotopic (exact) mass is 333 g/mol. The van der Waals surface area contributed by atoms with Crippen molar-refractivity contribution in [2.75, 3.05) is 0 Å². The summed E-state index contributed by atoms with van der Waals surface area (Å²) < 4.78 is 1.37. The van der Waals surface area contributed by atoms with Gasteiger partial charge in [0.15, 0.2) is 5.69 Å². The first-order valence-corrected chi connectivity index (χ1v) is 6.80. The van der Waals surface area contributed by atoms with Crippen LogP contribution in [0.2, 0.25) is 15.1 Å². The number of aromatic carboxylic acids is 1. The Morgan fingerprint density at radius 2 is 1.80 bits per heavy atom. The van der Waals surface area contributed by atoms with E-state index in [1.807, 2.05) is 13.8 Å². The van der Waals surface area contributed by atoms with E-state index in [1.165, 1.54) is 16.8 Å². The van der Waals surface area contributed by atoms with Crippen molar-refractivity contribution < 1.29 is 9.90 Å². The zero-order chi connectivity index (χ0) is 15.0. The number of nitrogens with zero attached hydrogens (tertiary/aromatic N) is 3. The first-order valence-electron chi connectivity index (χ1n) is 5.66. The van der Waals surface area contributed by atoms with Gasteiger partial charge in [-0.05, 0) is 18.1 Å². The maximum absolute atomic E-state index is 11.2. The molecule has 0 radical (unpaired) electrons. The van der Waals surface area contributed by atoms with Crippen LogP contribution in [0.4, 0.5) is 0 Å². The minimum Gasteiger partial charge on any atom is -0.476 e. The van der Waals surface area contributed by atoms with E-state index >= 15 is 0 Å². The minimum atomic E-state index is -1.14. The molecule has 8 heteroatoms. The van der Waals surface area contributed by atoms with Crippen LogP contribution in [0, 0.1) is 0 Å². The summed E-state index contributed by atoms with van der Waals surface area (Å²) in [5.74, 6) is -1.25. The number of rotatable bonds is 3. The first kappa shape index (κ1) is 15.1. The molecule has 0 fully saturated rings. The lowest BCUT2D eigenvalue weighted by molar-refractivity contribution is 0.0688. The molecule has 20 heavy (non-hydrogen) atoms. The molecule has 0 unspecified atom stereocenters. The maximum atomic E-state index is 11.2. The second-order valence-electron chi connectivity index (χ2n) is 4.41. The molecule has 1 aromatic heterocycles. The van der Waals surface area contributed by atoms with Crippen molar-refractivity contribution in [2.24, 2.45) is 0 Å². The van der Waals surface area contributed by atoms with E-state index < -0.39 is 5.97 Å². The largest absolute Gasteiger partial charge is 0.476 e. The highest BCUT2D eigenvalue weighted by molar-refractivity contribution is 6.43. The topological polar surface area (TPSA) is 68.0 Å². The molecule has 2 rings (SSSR count). The highest BCUT2D eigenvalue weighted by Crippen LogP contribution is 2.33. The zero-order valence-corrected chi connectivity index (χ0v) is 12.8. The molecule has 5 nitrogen and oxygen atoms in total. The Labute approximate surface area is 130 Å². The number of hydrogen-bond donors (Lipinski definition) is 1. The Kier molecular flexibility index (Phi) is 4.22. The van der Waals surface area contributed by atoms with Crippen LogP contribution in [0.1, 0.15) is 35.9 Å². The lowest BCUT2D eigenvalue weighted by Crippen LogP contribution is -2.09. The number of halogens is 3. The standard InChI is InChI=1S/C12H10Cl3N3O2/c1-5(2)11-10(12(19)20)16-17-18(11)9-4-7(14)6(13)3-8(9)15/h3-5H,1-2H3,(H,19,20). The third-order valence-electron chi connectivity index (χ3n) is 2.67. The van der Waals surface area contributed by atoms with E-state index in [1.54, 1.807) is 0 Å². The lowest BCUT2D eigenvalue weighted by atomic mass is 10.1. The van der Waals surface area contributed by atoms with Crippen LogP contribution in [0.3, 0.4) is 0 Å². The molecule has 1 aromatic carbocycles. The second kappa shape index (κ2) is 5.60. The van der Waals surface area contributed by atoms with Gasteiger partial charge in [0.25, 0.3) is 0 Å². The smallest absolute Gasteiger partial charge is 0.358 e. The molecule has 106 valence electrons. The Balaban J connectivity index is 2.70. The molecule has 0 aliphatic rings. The fourth-order valence-electron chi connectivity index (χ4n) is 1.81. The van der Waals surface area contributed by atoms with Crippen molar-refractivity contribution in [3.63, 3.8) is 0 Å². The van der Waals surface area contributed by atoms with Gasteiger partial charge in [-0.3, -0.25) is 0 Å². The Morgan fingerprint density at radius 1 is 1.20 bits per heavy atom. The highest BCUT2D eigenvalue weighted by Gasteiger charge is 2.23. The summed E-state index contributed by atoms with van der Waals surface area (Å²) in [7, 11) is 0. The molecule has 1 N–H and O–H groups in total. The maximum Gasteiger partial charge on any atom is 0.358 e. The van der Waals surface area contributed by atoms with Gasteiger partial charge in [0.1, 0.15) is 0 Å². The number of carboxylic acid groups (broad SMARTS) is 1. The number of hydrogen-bond acceptors (Lipinski definition) is 3. The average molecular weight is 335 g/mol. The SMILES string of the molecule is CC(C)c1c(C(=O)O)nnn1-c1cc(Cl)c(Cl)cc1Cl. The summed E-state index contributed by atoms with van der Waals surface area (Å²) >= 11 is 18.0. The van der Waals surface area contributed by atoms with E-state index in [0.29, 0.717) is 26.4 Å². The predicted octanol–water partition coefficient (Wildman–Crippen LogP) is 4.05. The van der Waals surface area contributed by atoms with Crippen LogP contribution in [0.25, 0.3) is 5.69 Å². The Hall–Kier alpha value is -1.30. The lowest BCUT2D eigenvalue weighted by Gasteiger charge is -2.12. The second-order valence-corrected chi connectivity index (χ2v) is 5.63. The number of benzene rings is 1. The van der Waals surface area contributed by atoms with E-state index in [9.17, 15) is 4.79 Å². The quantitative estimate of drug-likeness (QED) is 0.860. The van der Waals surface area contributed by atoms with Gasteiger partial charge in [-0.25, -0.2) is 9.48 Å². The number of carbonyl (C=O) groups is 1. The highest BCUT2D eigenvalue weighted by atomic mass is 35.5. The molecule has 2 aromatic rings. The molecule has 0 atom stereocenters. The summed E-state index contributed by atoms with van der Waals surface area (Å²) in [5, 5.41) is 17.6. The molecule has 0 aliphatic heterocycles. The van der Waals surface area contributed by atoms with Gasteiger partial charge >= 0.3 is 5.97 Å². The fraction of sp³-hybridized carbons (Fsp3) is 0.250. The Morgan fingerprint density at radius 3 is 2.35 bits per heavy atom. The van der Waals surface area contributed by atoms with Crippen LogP contribution in [0.15, 0.2) is 12.1 Å². The third-order valence-corrected chi connectivity index (χ3v) is 3.70. The summed E-state index contributed by atoms with van der Waals surface area (Å²) in [6.45, 7) is 3.68. The van der Waals surface area contributed by atoms with Crippen molar-refractivity contribution >= 4 is 40.8 Å². The van der Waals surface area contributed by atoms with Gasteiger partial charge in [-0.2, -0.15) is 0 Å². The molecule has 0 amide bonds. The van der Waals surface area contributed by atoms with Gasteiger partial charge < -0.3 is 5.11 Å². The van der Waals surface area contributed by atoms with Crippen molar-refractivity contribution in [1.29, 1.82) is 0 Å². The van der Waals surface area contributed by atoms with Gasteiger partial charge in [0.05, 0.1) is 26.4 Å². The molecular weight excluding hydrogens is 325 g/mol. The molecule has 0 saturated carbocycles. The van der Waals surface area contributed by atoms with Crippen molar-refractivity contribution in [3.05, 3.63) is 38.6 Å². The summed E-state index contributed by atoms with van der Waals surface area (Å²) in [4.78, 5) is 11.2. The van der Waals surface area contributed by atoms with E-state index in [4.69, 9.17) is 39.9 Å². The predicted molar refractivity (Wildman–Crippen MR) is 77.4 cm³/mol. The summed E-state index contributed by atoms with van der Waals surface area (Å²) in [6.07, 6.45) is 0. The average Bonchev–Trinajstić information content (AvgIpc) is 2.78. The van der Waals surface area contributed by atoms with E-state index in [0.717, 1.165) is 0 Å². The van der Waals surface area contributed by atoms with Gasteiger partial charge in [-0.1, -0.05) is 53.9 Å². The van der Waals surface area contributed by atoms with Crippen LogP contribution in [-0.2, 0) is 0 Å². The van der Waals surface area contributed by atoms with E-state index in [-0.39, 0.29) is 11.6 Å². The fourth-order valence-corrected chi connectivity index (χ4v) is 2.43. The molecule has 0 bridgehead atoms. The minimum absolute atomic E-state index is 0.109. The molecule has 1 heterocycles. The molecular formula is C12H10Cl3N3O2. The van der Waals surface area contributed by atoms with Gasteiger partial charge in [-0.15, -0.1) is 5.10 Å². The molecule has 0 aliphatic carbocycles. The van der Waals surface area contributed by atoms with Crippen LogP contribution in [-0.4, -0.2) is 26.1 Å². The Bertz CT molecular complexity index is 683. The molecule has 0 saturated heterocycles. The number of carboxylic acids is 1. The number of aromatic nitrogens is 3. The van der Waals surface area contributed by atoms with Crippen molar-refractivity contribution in [1.82, 2.24) is 15.0 Å². The first-order chi connectivity index (χ1) is 9.32. The van der Waals surface area contributed by atoms with Crippen LogP contribution >= 0.6 is 34.8 Å². The van der Waals surface area contributed by atoms with Crippen molar-refractivity contribution in [2.45, 2.75) is 19.8 Å². The van der Waals surface area contributed by atoms with Crippen LogP contribution < -0.4 is 0 Å². The van der Waals surface area contributed by atoms with Crippen molar-refractivity contribution in [3.8, 4) is 5.69 Å². The third kappa shape index (κ3) is 2.61. The van der Waals surface area contributed by atoms with E-state index in [2.05, 4.69) is 10.3 Å².